The van der Waals surface area contributed by atoms with Crippen molar-refractivity contribution in [2.75, 3.05) is 13.2 Å². The van der Waals surface area contributed by atoms with Crippen LogP contribution in [0.5, 0.6) is 0 Å². The Balaban J connectivity index is 2.10. The molecule has 0 spiro atoms. The second kappa shape index (κ2) is 4.38. The highest BCUT2D eigenvalue weighted by Crippen LogP contribution is 2.24. The number of carbonyl (C=O) groups is 1. The molecular weight excluding hydrogens is 216 g/mol. The van der Waals surface area contributed by atoms with Gasteiger partial charge < -0.3 is 25.4 Å². The fourth-order valence-corrected chi connectivity index (χ4v) is 1.82. The highest BCUT2D eigenvalue weighted by molar-refractivity contribution is 5.76. The van der Waals surface area contributed by atoms with Crippen LogP contribution in [0, 0.1) is 0 Å². The predicted octanol–water partition coefficient (Wildman–Crippen LogP) is -2.04. The van der Waals surface area contributed by atoms with Gasteiger partial charge >= 0.3 is 6.03 Å². The second-order valence-corrected chi connectivity index (χ2v) is 3.73. The van der Waals surface area contributed by atoms with E-state index in [4.69, 9.17) is 9.84 Å². The van der Waals surface area contributed by atoms with Crippen LogP contribution in [-0.2, 0) is 4.74 Å². The van der Waals surface area contributed by atoms with Gasteiger partial charge in [-0.25, -0.2) is 4.79 Å². The molecule has 2 aliphatic rings. The summed E-state index contributed by atoms with van der Waals surface area (Å²) in [6.45, 7) is -0.113. The number of hydrogen-bond acceptors (Lipinski definition) is 5. The maximum absolute atomic E-state index is 11.5. The fraction of sp³-hybridized carbons (Fsp3) is 0.667. The molecule has 16 heavy (non-hydrogen) atoms. The van der Waals surface area contributed by atoms with Gasteiger partial charge in [-0.1, -0.05) is 0 Å². The molecular formula is C9H14N2O5. The SMILES string of the molecule is O=C1NC=CCN1C1O[C@H](CO)[C@@H](O)[C@H]1O. The van der Waals surface area contributed by atoms with Crippen LogP contribution in [0.2, 0.25) is 0 Å². The molecule has 0 saturated carbocycles. The van der Waals surface area contributed by atoms with Gasteiger partial charge in [0.15, 0.2) is 6.23 Å². The number of aliphatic hydroxyl groups is 3. The first-order valence-corrected chi connectivity index (χ1v) is 4.99. The lowest BCUT2D eigenvalue weighted by molar-refractivity contribution is -0.0763. The molecule has 0 aromatic rings. The minimum Gasteiger partial charge on any atom is -0.394 e. The first-order chi connectivity index (χ1) is 7.65. The Labute approximate surface area is 91.9 Å². The Morgan fingerprint density at radius 3 is 2.81 bits per heavy atom. The van der Waals surface area contributed by atoms with Crippen LogP contribution in [0.25, 0.3) is 0 Å². The summed E-state index contributed by atoms with van der Waals surface area (Å²) in [5, 5.41) is 30.6. The minimum absolute atomic E-state index is 0.290. The lowest BCUT2D eigenvalue weighted by Gasteiger charge is -2.30. The Morgan fingerprint density at radius 1 is 1.50 bits per heavy atom. The zero-order chi connectivity index (χ0) is 11.7. The van der Waals surface area contributed by atoms with Crippen LogP contribution in [0.15, 0.2) is 12.3 Å². The molecule has 2 rings (SSSR count). The summed E-state index contributed by atoms with van der Waals surface area (Å²) in [6.07, 6.45) is -1.00. The van der Waals surface area contributed by atoms with Gasteiger partial charge in [-0.15, -0.1) is 0 Å². The molecule has 0 aromatic carbocycles. The number of carbonyl (C=O) groups excluding carboxylic acids is 1. The smallest absolute Gasteiger partial charge is 0.323 e. The van der Waals surface area contributed by atoms with Crippen molar-refractivity contribution in [3.05, 3.63) is 12.3 Å². The maximum atomic E-state index is 11.5. The van der Waals surface area contributed by atoms with E-state index in [2.05, 4.69) is 5.32 Å². The van der Waals surface area contributed by atoms with Crippen molar-refractivity contribution in [1.29, 1.82) is 0 Å². The molecule has 90 valence electrons. The van der Waals surface area contributed by atoms with E-state index in [9.17, 15) is 15.0 Å². The largest absolute Gasteiger partial charge is 0.394 e. The summed E-state index contributed by atoms with van der Waals surface area (Å²) in [5.74, 6) is 0. The van der Waals surface area contributed by atoms with Crippen LogP contribution in [-0.4, -0.2) is 63.9 Å². The van der Waals surface area contributed by atoms with Crippen molar-refractivity contribution in [3.63, 3.8) is 0 Å². The van der Waals surface area contributed by atoms with E-state index < -0.39 is 37.2 Å². The summed E-state index contributed by atoms with van der Waals surface area (Å²) in [7, 11) is 0. The average Bonchev–Trinajstić information content (AvgIpc) is 2.57. The molecule has 4 N–H and O–H groups in total. The third-order valence-corrected chi connectivity index (χ3v) is 2.71. The highest BCUT2D eigenvalue weighted by Gasteiger charge is 2.46. The lowest BCUT2D eigenvalue weighted by atomic mass is 10.1. The molecule has 2 heterocycles. The van der Waals surface area contributed by atoms with E-state index in [1.54, 1.807) is 6.08 Å². The molecule has 2 aliphatic heterocycles. The van der Waals surface area contributed by atoms with E-state index in [0.29, 0.717) is 6.54 Å². The van der Waals surface area contributed by atoms with E-state index in [0.717, 1.165) is 0 Å². The molecule has 0 aromatic heterocycles. The summed E-state index contributed by atoms with van der Waals surface area (Å²) < 4.78 is 5.23. The number of nitrogens with one attached hydrogen (secondary N) is 1. The van der Waals surface area contributed by atoms with Crippen molar-refractivity contribution in [2.45, 2.75) is 24.5 Å². The second-order valence-electron chi connectivity index (χ2n) is 3.73. The van der Waals surface area contributed by atoms with Crippen LogP contribution in [0.4, 0.5) is 4.79 Å². The van der Waals surface area contributed by atoms with Gasteiger partial charge in [0, 0.05) is 12.7 Å². The van der Waals surface area contributed by atoms with Gasteiger partial charge in [0.1, 0.15) is 18.3 Å². The van der Waals surface area contributed by atoms with E-state index >= 15 is 0 Å². The number of ether oxygens (including phenoxy) is 1. The third-order valence-electron chi connectivity index (χ3n) is 2.71. The molecule has 7 heteroatoms. The molecule has 7 nitrogen and oxygen atoms in total. The Morgan fingerprint density at radius 2 is 2.25 bits per heavy atom. The monoisotopic (exact) mass is 230 g/mol. The van der Waals surface area contributed by atoms with Crippen molar-refractivity contribution < 1.29 is 24.9 Å². The molecule has 0 aliphatic carbocycles. The quantitative estimate of drug-likeness (QED) is 0.438. The molecule has 1 unspecified atom stereocenters. The van der Waals surface area contributed by atoms with Gasteiger partial charge in [0.05, 0.1) is 6.61 Å². The lowest BCUT2D eigenvalue weighted by Crippen LogP contribution is -2.51. The van der Waals surface area contributed by atoms with E-state index in [1.807, 2.05) is 0 Å². The molecule has 2 amide bonds. The van der Waals surface area contributed by atoms with Crippen molar-refractivity contribution in [2.24, 2.45) is 0 Å². The normalized spacial score (nSPS) is 38.9. The van der Waals surface area contributed by atoms with Crippen LogP contribution in [0.1, 0.15) is 0 Å². The topological polar surface area (TPSA) is 102 Å². The Kier molecular flexibility index (Phi) is 3.10. The number of rotatable bonds is 2. The first kappa shape index (κ1) is 11.3. The van der Waals surface area contributed by atoms with Gasteiger partial charge in [-0.3, -0.25) is 4.90 Å². The first-order valence-electron chi connectivity index (χ1n) is 4.99. The van der Waals surface area contributed by atoms with Gasteiger partial charge in [-0.2, -0.15) is 0 Å². The molecule has 0 radical (unpaired) electrons. The van der Waals surface area contributed by atoms with Gasteiger partial charge in [0.2, 0.25) is 0 Å². The van der Waals surface area contributed by atoms with Crippen LogP contribution < -0.4 is 5.32 Å². The number of amides is 2. The zero-order valence-corrected chi connectivity index (χ0v) is 8.48. The standard InChI is InChI=1S/C9H14N2O5/c12-4-5-6(13)7(14)8(16-5)11-3-1-2-10-9(11)15/h1-2,5-8,12-14H,3-4H2,(H,10,15)/t5-,6-,7-,8?/m1/s1. The summed E-state index contributed by atoms with van der Waals surface area (Å²) in [4.78, 5) is 12.7. The molecule has 1 saturated heterocycles. The third kappa shape index (κ3) is 1.78. The molecule has 1 fully saturated rings. The molecule has 0 bridgehead atoms. The maximum Gasteiger partial charge on any atom is 0.323 e. The predicted molar refractivity (Wildman–Crippen MR) is 52.1 cm³/mol. The van der Waals surface area contributed by atoms with Gasteiger partial charge in [0.25, 0.3) is 0 Å². The zero-order valence-electron chi connectivity index (χ0n) is 8.48. The van der Waals surface area contributed by atoms with Crippen molar-refractivity contribution in [3.8, 4) is 0 Å². The number of nitrogens with zero attached hydrogens (tertiary/aromatic N) is 1. The van der Waals surface area contributed by atoms with E-state index in [1.165, 1.54) is 11.1 Å². The number of hydrogen-bond donors (Lipinski definition) is 4. The summed E-state index contributed by atoms with van der Waals surface area (Å²) in [5.41, 5.74) is 0. The number of aliphatic hydroxyl groups excluding tert-OH is 3. The Hall–Kier alpha value is -1.15. The average molecular weight is 230 g/mol. The van der Waals surface area contributed by atoms with Crippen LogP contribution in [0.3, 0.4) is 0 Å². The molecule has 4 atom stereocenters. The van der Waals surface area contributed by atoms with Crippen molar-refractivity contribution in [1.82, 2.24) is 10.2 Å². The summed E-state index contributed by atoms with van der Waals surface area (Å²) >= 11 is 0. The van der Waals surface area contributed by atoms with Crippen molar-refractivity contribution >= 4 is 6.03 Å². The van der Waals surface area contributed by atoms with E-state index in [-0.39, 0.29) is 0 Å². The Bertz CT molecular complexity index is 308. The minimum atomic E-state index is -1.21. The van der Waals surface area contributed by atoms with Gasteiger partial charge in [-0.05, 0) is 6.08 Å². The number of urea groups is 1. The fourth-order valence-electron chi connectivity index (χ4n) is 1.82. The highest BCUT2D eigenvalue weighted by atomic mass is 16.6. The summed E-state index contributed by atoms with van der Waals surface area (Å²) in [6, 6.07) is -0.405. The van der Waals surface area contributed by atoms with Crippen LogP contribution >= 0.6 is 0 Å².